The van der Waals surface area contributed by atoms with Crippen LogP contribution in [0.25, 0.3) is 0 Å². The van der Waals surface area contributed by atoms with Gasteiger partial charge in [0.05, 0.1) is 12.2 Å². The fourth-order valence-electron chi connectivity index (χ4n) is 4.04. The number of fused-ring (bicyclic) bond motifs is 1. The van der Waals surface area contributed by atoms with Gasteiger partial charge in [-0.3, -0.25) is 0 Å². The van der Waals surface area contributed by atoms with Crippen molar-refractivity contribution in [1.82, 2.24) is 20.2 Å². The highest BCUT2D eigenvalue weighted by molar-refractivity contribution is 9.10. The highest BCUT2D eigenvalue weighted by atomic mass is 79.9. The minimum atomic E-state index is -0.545. The minimum absolute atomic E-state index is 0.0409. The summed E-state index contributed by atoms with van der Waals surface area (Å²) in [5.41, 5.74) is 1.99. The van der Waals surface area contributed by atoms with Crippen LogP contribution in [0.3, 0.4) is 0 Å². The van der Waals surface area contributed by atoms with Crippen molar-refractivity contribution in [1.29, 1.82) is 0 Å². The number of carbonyl (C=O) groups excluding carboxylic acids is 1. The molecule has 9 heteroatoms. The molecule has 0 amide bonds. The fourth-order valence-corrected chi connectivity index (χ4v) is 4.42. The number of hydrogen-bond acceptors (Lipinski definition) is 7. The van der Waals surface area contributed by atoms with Gasteiger partial charge in [0.15, 0.2) is 0 Å². The minimum Gasteiger partial charge on any atom is -0.493 e. The number of carbonyl (C=O) groups is 1. The molecular formula is C21H26BrN5O3. The maximum atomic E-state index is 13.3. The van der Waals surface area contributed by atoms with Gasteiger partial charge in [-0.1, -0.05) is 34.4 Å². The van der Waals surface area contributed by atoms with E-state index in [-0.39, 0.29) is 12.1 Å². The molecule has 1 atom stereocenters. The topological polar surface area (TPSA) is 91.2 Å². The van der Waals surface area contributed by atoms with E-state index in [1.807, 2.05) is 25.1 Å². The van der Waals surface area contributed by atoms with Crippen LogP contribution >= 0.6 is 15.9 Å². The van der Waals surface area contributed by atoms with E-state index >= 15 is 0 Å². The number of benzene rings is 1. The molecule has 160 valence electrons. The Labute approximate surface area is 184 Å². The maximum absolute atomic E-state index is 13.3. The van der Waals surface area contributed by atoms with Crippen LogP contribution in [0.5, 0.6) is 5.75 Å². The van der Waals surface area contributed by atoms with Crippen molar-refractivity contribution in [2.24, 2.45) is 0 Å². The molecule has 0 saturated heterocycles. The number of anilines is 1. The van der Waals surface area contributed by atoms with Gasteiger partial charge in [-0.05, 0) is 67.7 Å². The second kappa shape index (κ2) is 9.16. The number of hydrogen-bond donors (Lipinski definition) is 1. The van der Waals surface area contributed by atoms with Gasteiger partial charge in [-0.25, -0.2) is 4.79 Å². The third-order valence-electron chi connectivity index (χ3n) is 5.49. The maximum Gasteiger partial charge on any atom is 0.338 e. The van der Waals surface area contributed by atoms with Gasteiger partial charge in [-0.2, -0.15) is 4.68 Å². The molecule has 1 saturated carbocycles. The lowest BCUT2D eigenvalue weighted by Gasteiger charge is -2.30. The number of ether oxygens (including phenoxy) is 2. The number of rotatable bonds is 6. The Morgan fingerprint density at radius 2 is 2.10 bits per heavy atom. The van der Waals surface area contributed by atoms with E-state index in [4.69, 9.17) is 9.47 Å². The van der Waals surface area contributed by atoms with Crippen LogP contribution in [0.2, 0.25) is 0 Å². The van der Waals surface area contributed by atoms with E-state index in [1.165, 1.54) is 6.42 Å². The Morgan fingerprint density at radius 3 is 2.87 bits per heavy atom. The van der Waals surface area contributed by atoms with Gasteiger partial charge in [0, 0.05) is 15.7 Å². The average Bonchev–Trinajstić information content (AvgIpc) is 3.20. The van der Waals surface area contributed by atoms with Crippen molar-refractivity contribution in [2.75, 3.05) is 11.9 Å². The van der Waals surface area contributed by atoms with Crippen molar-refractivity contribution in [2.45, 2.75) is 64.5 Å². The SMILES string of the molecule is CCCOc1ccc(Br)cc1C1C(C(=O)OC2CCCCC2)=C(C)Nc2nnnn21. The molecule has 30 heavy (non-hydrogen) atoms. The summed E-state index contributed by atoms with van der Waals surface area (Å²) >= 11 is 3.55. The largest absolute Gasteiger partial charge is 0.493 e. The Bertz CT molecular complexity index is 952. The van der Waals surface area contributed by atoms with Crippen LogP contribution < -0.4 is 10.1 Å². The summed E-state index contributed by atoms with van der Waals surface area (Å²) in [5, 5.41) is 15.2. The summed E-state index contributed by atoms with van der Waals surface area (Å²) < 4.78 is 14.4. The third kappa shape index (κ3) is 4.21. The lowest BCUT2D eigenvalue weighted by Crippen LogP contribution is -2.32. The van der Waals surface area contributed by atoms with Crippen LogP contribution in [-0.4, -0.2) is 38.9 Å². The van der Waals surface area contributed by atoms with E-state index in [0.717, 1.165) is 42.1 Å². The quantitative estimate of drug-likeness (QED) is 0.619. The normalized spacial score (nSPS) is 19.2. The van der Waals surface area contributed by atoms with E-state index in [9.17, 15) is 4.79 Å². The lowest BCUT2D eigenvalue weighted by molar-refractivity contribution is -0.146. The molecule has 0 spiro atoms. The zero-order chi connectivity index (χ0) is 21.1. The number of halogens is 1. The molecule has 4 rings (SSSR count). The van der Waals surface area contributed by atoms with Crippen LogP contribution in [0, 0.1) is 0 Å². The summed E-state index contributed by atoms with van der Waals surface area (Å²) in [7, 11) is 0. The molecular weight excluding hydrogens is 450 g/mol. The summed E-state index contributed by atoms with van der Waals surface area (Å²) in [6.45, 7) is 4.49. The highest BCUT2D eigenvalue weighted by Crippen LogP contribution is 2.40. The summed E-state index contributed by atoms with van der Waals surface area (Å²) in [6.07, 6.45) is 6.04. The summed E-state index contributed by atoms with van der Waals surface area (Å²) in [5.74, 6) is 0.844. The Balaban J connectivity index is 1.75. The predicted molar refractivity (Wildman–Crippen MR) is 115 cm³/mol. The molecule has 0 bridgehead atoms. The van der Waals surface area contributed by atoms with Crippen molar-refractivity contribution in [3.05, 3.63) is 39.5 Å². The average molecular weight is 476 g/mol. The molecule has 2 aliphatic rings. The Kier molecular flexibility index (Phi) is 6.36. The van der Waals surface area contributed by atoms with Crippen LogP contribution in [-0.2, 0) is 9.53 Å². The Morgan fingerprint density at radius 1 is 1.30 bits per heavy atom. The van der Waals surface area contributed by atoms with Gasteiger partial charge < -0.3 is 14.8 Å². The molecule has 2 aromatic rings. The van der Waals surface area contributed by atoms with Gasteiger partial charge in [-0.15, -0.1) is 0 Å². The van der Waals surface area contributed by atoms with Gasteiger partial charge in [0.2, 0.25) is 5.95 Å². The molecule has 1 unspecified atom stereocenters. The summed E-state index contributed by atoms with van der Waals surface area (Å²) in [6, 6.07) is 5.23. The molecule has 1 aliphatic carbocycles. The number of nitrogens with one attached hydrogen (secondary N) is 1. The standard InChI is InChI=1S/C21H26BrN5O3/c1-3-11-29-17-10-9-14(22)12-16(17)19-18(13(2)23-21-24-25-26-27(19)21)20(28)30-15-7-5-4-6-8-15/h9-10,12,15,19H,3-8,11H2,1-2H3,(H,23,24,26). The highest BCUT2D eigenvalue weighted by Gasteiger charge is 2.37. The van der Waals surface area contributed by atoms with Crippen LogP contribution in [0.15, 0.2) is 33.9 Å². The fraction of sp³-hybridized carbons (Fsp3) is 0.524. The Hall–Kier alpha value is -2.42. The van der Waals surface area contributed by atoms with Crippen molar-refractivity contribution in [3.8, 4) is 5.75 Å². The first kappa shape index (κ1) is 20.8. The number of nitrogens with zero attached hydrogens (tertiary/aromatic N) is 4. The van der Waals surface area contributed by atoms with Crippen molar-refractivity contribution in [3.63, 3.8) is 0 Å². The molecule has 1 aromatic heterocycles. The van der Waals surface area contributed by atoms with E-state index in [2.05, 4.69) is 43.7 Å². The first-order valence-corrected chi connectivity index (χ1v) is 11.3. The van der Waals surface area contributed by atoms with Gasteiger partial charge in [0.25, 0.3) is 0 Å². The molecule has 8 nitrogen and oxygen atoms in total. The molecule has 2 heterocycles. The molecule has 0 radical (unpaired) electrons. The first-order valence-electron chi connectivity index (χ1n) is 10.5. The van der Waals surface area contributed by atoms with Gasteiger partial charge in [0.1, 0.15) is 17.9 Å². The number of aromatic nitrogens is 4. The molecule has 1 fully saturated rings. The molecule has 1 aromatic carbocycles. The van der Waals surface area contributed by atoms with Crippen LogP contribution in [0.1, 0.15) is 64.0 Å². The molecule has 1 aliphatic heterocycles. The number of tetrazole rings is 1. The zero-order valence-corrected chi connectivity index (χ0v) is 18.8. The smallest absolute Gasteiger partial charge is 0.338 e. The third-order valence-corrected chi connectivity index (χ3v) is 5.98. The van der Waals surface area contributed by atoms with Crippen LogP contribution in [0.4, 0.5) is 5.95 Å². The second-order valence-electron chi connectivity index (χ2n) is 7.71. The lowest BCUT2D eigenvalue weighted by atomic mass is 9.94. The zero-order valence-electron chi connectivity index (χ0n) is 17.2. The number of allylic oxidation sites excluding steroid dienone is 1. The van der Waals surface area contributed by atoms with E-state index in [1.54, 1.807) is 4.68 Å². The van der Waals surface area contributed by atoms with Gasteiger partial charge >= 0.3 is 5.97 Å². The van der Waals surface area contributed by atoms with E-state index < -0.39 is 6.04 Å². The van der Waals surface area contributed by atoms with Crippen molar-refractivity contribution >= 4 is 27.8 Å². The second-order valence-corrected chi connectivity index (χ2v) is 8.62. The van der Waals surface area contributed by atoms with E-state index in [0.29, 0.717) is 29.6 Å². The first-order chi connectivity index (χ1) is 14.6. The summed E-state index contributed by atoms with van der Waals surface area (Å²) in [4.78, 5) is 13.3. The predicted octanol–water partition coefficient (Wildman–Crippen LogP) is 4.39. The number of esters is 1. The van der Waals surface area contributed by atoms with Crippen molar-refractivity contribution < 1.29 is 14.3 Å². The molecule has 1 N–H and O–H groups in total. The monoisotopic (exact) mass is 475 g/mol.